The predicted molar refractivity (Wildman–Crippen MR) is 93.6 cm³/mol. The highest BCUT2D eigenvalue weighted by atomic mass is 79.9. The summed E-state index contributed by atoms with van der Waals surface area (Å²) in [5, 5.41) is 3.53. The molecule has 1 aromatic carbocycles. The van der Waals surface area contributed by atoms with Crippen molar-refractivity contribution < 1.29 is 0 Å². The van der Waals surface area contributed by atoms with Gasteiger partial charge in [0.15, 0.2) is 0 Å². The minimum atomic E-state index is 0.388. The van der Waals surface area contributed by atoms with Crippen LogP contribution in [-0.2, 0) is 0 Å². The fourth-order valence-corrected chi connectivity index (χ4v) is 2.87. The second kappa shape index (κ2) is 8.68. The Hall–Kier alpha value is -0.540. The van der Waals surface area contributed by atoms with Crippen molar-refractivity contribution in [1.82, 2.24) is 5.32 Å². The average Bonchev–Trinajstić information content (AvgIpc) is 2.41. The minimum absolute atomic E-state index is 0.388. The van der Waals surface area contributed by atoms with Crippen LogP contribution in [0, 0.1) is 5.92 Å². The molecule has 114 valence electrons. The van der Waals surface area contributed by atoms with Gasteiger partial charge in [0.2, 0.25) is 0 Å². The molecule has 0 saturated carbocycles. The van der Waals surface area contributed by atoms with Gasteiger partial charge in [-0.2, -0.15) is 0 Å². The highest BCUT2D eigenvalue weighted by Gasteiger charge is 2.10. The van der Waals surface area contributed by atoms with E-state index >= 15 is 0 Å². The Kier molecular flexibility index (Phi) is 7.60. The van der Waals surface area contributed by atoms with E-state index in [0.717, 1.165) is 25.4 Å². The molecule has 0 aliphatic heterocycles. The van der Waals surface area contributed by atoms with Crippen LogP contribution in [0.15, 0.2) is 22.7 Å². The Morgan fingerprint density at radius 2 is 1.95 bits per heavy atom. The van der Waals surface area contributed by atoms with Gasteiger partial charge in [0.25, 0.3) is 0 Å². The first-order valence-electron chi connectivity index (χ1n) is 7.69. The largest absolute Gasteiger partial charge is 0.375 e. The van der Waals surface area contributed by atoms with Crippen LogP contribution in [0.5, 0.6) is 0 Å². The second-order valence-electron chi connectivity index (χ2n) is 5.99. The van der Waals surface area contributed by atoms with E-state index in [1.165, 1.54) is 22.1 Å². The maximum atomic E-state index is 3.72. The predicted octanol–water partition coefficient (Wildman–Crippen LogP) is 4.99. The first-order valence-corrected chi connectivity index (χ1v) is 8.49. The van der Waals surface area contributed by atoms with E-state index < -0.39 is 0 Å². The lowest BCUT2D eigenvalue weighted by Crippen LogP contribution is -2.21. The molecule has 0 fully saturated rings. The second-order valence-corrected chi connectivity index (χ2v) is 6.84. The van der Waals surface area contributed by atoms with E-state index in [1.807, 2.05) is 0 Å². The zero-order chi connectivity index (χ0) is 15.1. The summed E-state index contributed by atoms with van der Waals surface area (Å²) in [5.74, 6) is 0.749. The van der Waals surface area contributed by atoms with Crippen LogP contribution < -0.4 is 10.2 Å². The van der Waals surface area contributed by atoms with E-state index in [-0.39, 0.29) is 0 Å². The van der Waals surface area contributed by atoms with Gasteiger partial charge in [-0.1, -0.05) is 42.8 Å². The number of nitrogens with one attached hydrogen (secondary N) is 1. The molecule has 1 atom stereocenters. The molecule has 0 spiro atoms. The number of rotatable bonds is 8. The molecule has 1 rings (SSSR count). The number of benzene rings is 1. The zero-order valence-electron chi connectivity index (χ0n) is 13.5. The van der Waals surface area contributed by atoms with Crippen molar-refractivity contribution in [2.24, 2.45) is 5.92 Å². The SMILES string of the molecule is CCCNC(C)c1ccc(N(C)CCC(C)C)cc1Br. The number of anilines is 1. The number of hydrogen-bond donors (Lipinski definition) is 1. The molecule has 1 aromatic rings. The molecular formula is C17H29BrN2. The lowest BCUT2D eigenvalue weighted by atomic mass is 10.1. The van der Waals surface area contributed by atoms with Crippen molar-refractivity contribution in [3.05, 3.63) is 28.2 Å². The molecule has 0 aliphatic rings. The summed E-state index contributed by atoms with van der Waals surface area (Å²) in [6, 6.07) is 7.09. The van der Waals surface area contributed by atoms with Crippen molar-refractivity contribution in [2.45, 2.75) is 46.6 Å². The molecular weight excluding hydrogens is 312 g/mol. The molecule has 0 heterocycles. The lowest BCUT2D eigenvalue weighted by molar-refractivity contribution is 0.568. The smallest absolute Gasteiger partial charge is 0.0375 e. The van der Waals surface area contributed by atoms with E-state index in [2.05, 4.69) is 79.1 Å². The van der Waals surface area contributed by atoms with Crippen molar-refractivity contribution >= 4 is 21.6 Å². The van der Waals surface area contributed by atoms with Crippen LogP contribution in [0.3, 0.4) is 0 Å². The molecule has 20 heavy (non-hydrogen) atoms. The maximum absolute atomic E-state index is 3.72. The van der Waals surface area contributed by atoms with E-state index in [1.54, 1.807) is 0 Å². The van der Waals surface area contributed by atoms with Crippen LogP contribution in [0.1, 0.15) is 52.1 Å². The van der Waals surface area contributed by atoms with Gasteiger partial charge in [-0.25, -0.2) is 0 Å². The third kappa shape index (κ3) is 5.45. The molecule has 2 nitrogen and oxygen atoms in total. The molecule has 0 saturated heterocycles. The Morgan fingerprint density at radius 3 is 2.50 bits per heavy atom. The molecule has 0 radical (unpaired) electrons. The summed E-state index contributed by atoms with van der Waals surface area (Å²) in [7, 11) is 2.17. The van der Waals surface area contributed by atoms with Gasteiger partial charge in [0.05, 0.1) is 0 Å². The van der Waals surface area contributed by atoms with Crippen LogP contribution in [0.2, 0.25) is 0 Å². The Bertz CT molecular complexity index is 404. The summed E-state index contributed by atoms with van der Waals surface area (Å²) in [6.45, 7) is 11.1. The van der Waals surface area contributed by atoms with Crippen molar-refractivity contribution in [3.63, 3.8) is 0 Å². The molecule has 0 aliphatic carbocycles. The lowest BCUT2D eigenvalue weighted by Gasteiger charge is -2.22. The van der Waals surface area contributed by atoms with Gasteiger partial charge in [-0.05, 0) is 49.9 Å². The first-order chi connectivity index (χ1) is 9.45. The Morgan fingerprint density at radius 1 is 1.25 bits per heavy atom. The quantitative estimate of drug-likeness (QED) is 0.716. The highest BCUT2D eigenvalue weighted by molar-refractivity contribution is 9.10. The van der Waals surface area contributed by atoms with Crippen LogP contribution in [0.25, 0.3) is 0 Å². The normalized spacial score (nSPS) is 12.8. The van der Waals surface area contributed by atoms with Crippen molar-refractivity contribution in [3.8, 4) is 0 Å². The van der Waals surface area contributed by atoms with Gasteiger partial charge in [0, 0.05) is 29.8 Å². The number of halogens is 1. The molecule has 1 unspecified atom stereocenters. The summed E-state index contributed by atoms with van der Waals surface area (Å²) in [5.41, 5.74) is 2.61. The Balaban J connectivity index is 2.71. The highest BCUT2D eigenvalue weighted by Crippen LogP contribution is 2.28. The first kappa shape index (κ1) is 17.5. The molecule has 1 N–H and O–H groups in total. The molecule has 0 aromatic heterocycles. The van der Waals surface area contributed by atoms with Crippen LogP contribution in [-0.4, -0.2) is 20.1 Å². The van der Waals surface area contributed by atoms with Gasteiger partial charge < -0.3 is 10.2 Å². The fourth-order valence-electron chi connectivity index (χ4n) is 2.16. The third-order valence-corrected chi connectivity index (χ3v) is 4.32. The maximum Gasteiger partial charge on any atom is 0.0375 e. The van der Waals surface area contributed by atoms with Crippen molar-refractivity contribution in [2.75, 3.05) is 25.0 Å². The van der Waals surface area contributed by atoms with Gasteiger partial charge in [-0.3, -0.25) is 0 Å². The number of hydrogen-bond acceptors (Lipinski definition) is 2. The van der Waals surface area contributed by atoms with E-state index in [0.29, 0.717) is 6.04 Å². The molecule has 3 heteroatoms. The van der Waals surface area contributed by atoms with Gasteiger partial charge >= 0.3 is 0 Å². The average molecular weight is 341 g/mol. The fraction of sp³-hybridized carbons (Fsp3) is 0.647. The standard InChI is InChI=1S/C17H29BrN2/c1-6-10-19-14(4)16-8-7-15(12-17(16)18)20(5)11-9-13(2)3/h7-8,12-14,19H,6,9-11H2,1-5H3. The van der Waals surface area contributed by atoms with Crippen LogP contribution in [0.4, 0.5) is 5.69 Å². The van der Waals surface area contributed by atoms with Crippen molar-refractivity contribution in [1.29, 1.82) is 0 Å². The topological polar surface area (TPSA) is 15.3 Å². The minimum Gasteiger partial charge on any atom is -0.375 e. The third-order valence-electron chi connectivity index (χ3n) is 3.63. The van der Waals surface area contributed by atoms with Gasteiger partial charge in [-0.15, -0.1) is 0 Å². The summed E-state index contributed by atoms with van der Waals surface area (Å²) in [6.07, 6.45) is 2.39. The van der Waals surface area contributed by atoms with E-state index in [4.69, 9.17) is 0 Å². The zero-order valence-corrected chi connectivity index (χ0v) is 15.1. The number of nitrogens with zero attached hydrogens (tertiary/aromatic N) is 1. The van der Waals surface area contributed by atoms with E-state index in [9.17, 15) is 0 Å². The Labute approximate surface area is 133 Å². The summed E-state index contributed by atoms with van der Waals surface area (Å²) >= 11 is 3.72. The summed E-state index contributed by atoms with van der Waals surface area (Å²) < 4.78 is 1.20. The molecule has 0 bridgehead atoms. The summed E-state index contributed by atoms with van der Waals surface area (Å²) in [4.78, 5) is 2.33. The van der Waals surface area contributed by atoms with Crippen LogP contribution >= 0.6 is 15.9 Å². The van der Waals surface area contributed by atoms with Gasteiger partial charge in [0.1, 0.15) is 0 Å². The monoisotopic (exact) mass is 340 g/mol. The molecule has 0 amide bonds.